The monoisotopic (exact) mass is 244 g/mol. The van der Waals surface area contributed by atoms with Gasteiger partial charge in [-0.15, -0.1) is 0 Å². The first-order valence-corrected chi connectivity index (χ1v) is 6.41. The highest BCUT2D eigenvalue weighted by Crippen LogP contribution is 2.27. The molecule has 3 heteroatoms. The standard InChI is InChI=1S/C15H20N2O/c1-3-8-17-11-15(2,18)14-6-4-5-12-7-9-16-10-13(12)14/h4-7,9-10,17-18H,3,8,11H2,1-2H3. The maximum absolute atomic E-state index is 10.6. The molecule has 0 amide bonds. The van der Waals surface area contributed by atoms with E-state index in [0.29, 0.717) is 6.54 Å². The van der Waals surface area contributed by atoms with E-state index in [2.05, 4.69) is 17.2 Å². The first-order chi connectivity index (χ1) is 8.65. The minimum atomic E-state index is -0.877. The third-order valence-electron chi connectivity index (χ3n) is 3.16. The number of fused-ring (bicyclic) bond motifs is 1. The van der Waals surface area contributed by atoms with Crippen molar-refractivity contribution in [1.82, 2.24) is 10.3 Å². The maximum atomic E-state index is 10.6. The van der Waals surface area contributed by atoms with Gasteiger partial charge in [-0.2, -0.15) is 0 Å². The van der Waals surface area contributed by atoms with Gasteiger partial charge in [0.25, 0.3) is 0 Å². The molecule has 2 aromatic rings. The van der Waals surface area contributed by atoms with Gasteiger partial charge in [0.05, 0.1) is 5.60 Å². The van der Waals surface area contributed by atoms with Crippen LogP contribution in [0.15, 0.2) is 36.7 Å². The highest BCUT2D eigenvalue weighted by Gasteiger charge is 2.24. The van der Waals surface area contributed by atoms with Crippen LogP contribution in [0.4, 0.5) is 0 Å². The summed E-state index contributed by atoms with van der Waals surface area (Å²) in [7, 11) is 0. The van der Waals surface area contributed by atoms with Crippen LogP contribution in [0.3, 0.4) is 0 Å². The molecule has 2 rings (SSSR count). The maximum Gasteiger partial charge on any atom is 0.0998 e. The first kappa shape index (κ1) is 13.0. The number of hydrogen-bond acceptors (Lipinski definition) is 3. The predicted molar refractivity (Wildman–Crippen MR) is 74.5 cm³/mol. The minimum absolute atomic E-state index is 0.550. The van der Waals surface area contributed by atoms with E-state index in [1.54, 1.807) is 6.20 Å². The molecule has 0 aliphatic carbocycles. The van der Waals surface area contributed by atoms with Crippen LogP contribution in [-0.2, 0) is 5.60 Å². The van der Waals surface area contributed by atoms with Crippen molar-refractivity contribution in [3.63, 3.8) is 0 Å². The highest BCUT2D eigenvalue weighted by molar-refractivity contribution is 5.85. The van der Waals surface area contributed by atoms with Gasteiger partial charge in [0, 0.05) is 24.3 Å². The van der Waals surface area contributed by atoms with Crippen molar-refractivity contribution in [2.75, 3.05) is 13.1 Å². The van der Waals surface area contributed by atoms with Gasteiger partial charge >= 0.3 is 0 Å². The molecule has 0 bridgehead atoms. The zero-order valence-electron chi connectivity index (χ0n) is 11.0. The second-order valence-electron chi connectivity index (χ2n) is 4.85. The fourth-order valence-electron chi connectivity index (χ4n) is 2.19. The Hall–Kier alpha value is -1.45. The molecule has 18 heavy (non-hydrogen) atoms. The Morgan fingerprint density at radius 1 is 1.33 bits per heavy atom. The van der Waals surface area contributed by atoms with Crippen molar-refractivity contribution < 1.29 is 5.11 Å². The van der Waals surface area contributed by atoms with E-state index in [-0.39, 0.29) is 0 Å². The summed E-state index contributed by atoms with van der Waals surface area (Å²) in [6.45, 7) is 5.43. The molecule has 0 saturated heterocycles. The Balaban J connectivity index is 2.34. The van der Waals surface area contributed by atoms with Gasteiger partial charge in [0.2, 0.25) is 0 Å². The van der Waals surface area contributed by atoms with Crippen LogP contribution in [0.5, 0.6) is 0 Å². The van der Waals surface area contributed by atoms with E-state index in [1.807, 2.05) is 37.4 Å². The van der Waals surface area contributed by atoms with Gasteiger partial charge in [-0.25, -0.2) is 0 Å². The number of hydrogen-bond donors (Lipinski definition) is 2. The molecule has 96 valence electrons. The number of pyridine rings is 1. The van der Waals surface area contributed by atoms with Crippen LogP contribution in [-0.4, -0.2) is 23.2 Å². The fraction of sp³-hybridized carbons (Fsp3) is 0.400. The van der Waals surface area contributed by atoms with Crippen LogP contribution < -0.4 is 5.32 Å². The van der Waals surface area contributed by atoms with Crippen molar-refractivity contribution in [2.24, 2.45) is 0 Å². The molecule has 1 aromatic heterocycles. The second-order valence-corrected chi connectivity index (χ2v) is 4.85. The van der Waals surface area contributed by atoms with Gasteiger partial charge in [0.1, 0.15) is 0 Å². The van der Waals surface area contributed by atoms with Gasteiger partial charge in [-0.05, 0) is 36.9 Å². The summed E-state index contributed by atoms with van der Waals surface area (Å²) in [6, 6.07) is 7.95. The number of rotatable bonds is 5. The molecule has 1 unspecified atom stereocenters. The lowest BCUT2D eigenvalue weighted by atomic mass is 9.91. The average Bonchev–Trinajstić information content (AvgIpc) is 2.38. The molecule has 1 atom stereocenters. The molecular weight excluding hydrogens is 224 g/mol. The zero-order chi connectivity index (χ0) is 13.0. The topological polar surface area (TPSA) is 45.1 Å². The zero-order valence-corrected chi connectivity index (χ0v) is 11.0. The Labute approximate surface area is 108 Å². The lowest BCUT2D eigenvalue weighted by Gasteiger charge is -2.25. The predicted octanol–water partition coefficient (Wildman–Crippen LogP) is 2.44. The molecule has 0 aliphatic rings. The van der Waals surface area contributed by atoms with E-state index in [9.17, 15) is 5.11 Å². The largest absolute Gasteiger partial charge is 0.384 e. The van der Waals surface area contributed by atoms with E-state index >= 15 is 0 Å². The normalized spacial score (nSPS) is 14.6. The molecule has 1 heterocycles. The number of nitrogens with zero attached hydrogens (tertiary/aromatic N) is 1. The highest BCUT2D eigenvalue weighted by atomic mass is 16.3. The van der Waals surface area contributed by atoms with Crippen molar-refractivity contribution in [3.8, 4) is 0 Å². The van der Waals surface area contributed by atoms with Gasteiger partial charge < -0.3 is 10.4 Å². The van der Waals surface area contributed by atoms with Crippen molar-refractivity contribution >= 4 is 10.8 Å². The SMILES string of the molecule is CCCNCC(C)(O)c1cccc2ccncc12. The number of aliphatic hydroxyl groups is 1. The third kappa shape index (κ3) is 2.68. The molecule has 0 fully saturated rings. The van der Waals surface area contributed by atoms with Crippen LogP contribution in [0.25, 0.3) is 10.8 Å². The van der Waals surface area contributed by atoms with Gasteiger partial charge in [-0.3, -0.25) is 4.98 Å². The van der Waals surface area contributed by atoms with Crippen molar-refractivity contribution in [3.05, 3.63) is 42.2 Å². The molecule has 0 radical (unpaired) electrons. The smallest absolute Gasteiger partial charge is 0.0998 e. The first-order valence-electron chi connectivity index (χ1n) is 6.41. The Morgan fingerprint density at radius 3 is 2.94 bits per heavy atom. The summed E-state index contributed by atoms with van der Waals surface area (Å²) in [5.74, 6) is 0. The Kier molecular flexibility index (Phi) is 3.94. The molecule has 1 aromatic carbocycles. The molecule has 0 saturated carbocycles. The van der Waals surface area contributed by atoms with Crippen LogP contribution in [0.1, 0.15) is 25.8 Å². The minimum Gasteiger partial charge on any atom is -0.384 e. The molecule has 0 spiro atoms. The summed E-state index contributed by atoms with van der Waals surface area (Å²) in [4.78, 5) is 4.15. The summed E-state index contributed by atoms with van der Waals surface area (Å²) >= 11 is 0. The van der Waals surface area contributed by atoms with E-state index in [0.717, 1.165) is 29.3 Å². The second kappa shape index (κ2) is 5.46. The van der Waals surface area contributed by atoms with Crippen molar-refractivity contribution in [2.45, 2.75) is 25.9 Å². The Morgan fingerprint density at radius 2 is 2.17 bits per heavy atom. The van der Waals surface area contributed by atoms with Crippen LogP contribution in [0, 0.1) is 0 Å². The lowest BCUT2D eigenvalue weighted by Crippen LogP contribution is -2.35. The van der Waals surface area contributed by atoms with Crippen LogP contribution >= 0.6 is 0 Å². The van der Waals surface area contributed by atoms with Crippen molar-refractivity contribution in [1.29, 1.82) is 0 Å². The fourth-order valence-corrected chi connectivity index (χ4v) is 2.19. The number of benzene rings is 1. The van der Waals surface area contributed by atoms with E-state index < -0.39 is 5.60 Å². The average molecular weight is 244 g/mol. The third-order valence-corrected chi connectivity index (χ3v) is 3.16. The molecular formula is C15H20N2O. The summed E-state index contributed by atoms with van der Waals surface area (Å²) in [6.07, 6.45) is 4.66. The summed E-state index contributed by atoms with van der Waals surface area (Å²) in [5.41, 5.74) is 0.0502. The number of aromatic nitrogens is 1. The summed E-state index contributed by atoms with van der Waals surface area (Å²) < 4.78 is 0. The van der Waals surface area contributed by atoms with Gasteiger partial charge in [0.15, 0.2) is 0 Å². The molecule has 0 aliphatic heterocycles. The molecule has 3 nitrogen and oxygen atoms in total. The Bertz CT molecular complexity index is 517. The van der Waals surface area contributed by atoms with E-state index in [4.69, 9.17) is 0 Å². The van der Waals surface area contributed by atoms with E-state index in [1.165, 1.54) is 0 Å². The lowest BCUT2D eigenvalue weighted by molar-refractivity contribution is 0.0587. The molecule has 2 N–H and O–H groups in total. The number of nitrogens with one attached hydrogen (secondary N) is 1. The quantitative estimate of drug-likeness (QED) is 0.794. The van der Waals surface area contributed by atoms with Crippen LogP contribution in [0.2, 0.25) is 0 Å². The summed E-state index contributed by atoms with van der Waals surface area (Å²) in [5, 5.41) is 16.0. The van der Waals surface area contributed by atoms with Gasteiger partial charge in [-0.1, -0.05) is 25.1 Å².